The number of hydrogen-bond donors (Lipinski definition) is 1. The molecule has 2 aliphatic rings. The number of aromatic nitrogens is 1. The normalized spacial score (nSPS) is 28.5. The van der Waals surface area contributed by atoms with Crippen LogP contribution < -0.4 is 5.32 Å². The molecule has 0 saturated carbocycles. The number of fused-ring (bicyclic) bond motifs is 2. The number of rotatable bonds is 0. The van der Waals surface area contributed by atoms with E-state index in [1.54, 1.807) is 0 Å². The van der Waals surface area contributed by atoms with Crippen LogP contribution in [0.5, 0.6) is 0 Å². The summed E-state index contributed by atoms with van der Waals surface area (Å²) in [4.78, 5) is 2.51. The van der Waals surface area contributed by atoms with Gasteiger partial charge in [-0.25, -0.2) is 0 Å². The van der Waals surface area contributed by atoms with E-state index < -0.39 is 0 Å². The molecule has 1 saturated heterocycles. The predicted molar refractivity (Wildman–Crippen MR) is 46.6 cm³/mol. The summed E-state index contributed by atoms with van der Waals surface area (Å²) in [5.41, 5.74) is 1.45. The minimum Gasteiger partial charge on any atom is -0.347 e. The summed E-state index contributed by atoms with van der Waals surface area (Å²) in [5.74, 6) is 0. The molecular weight excluding hydrogens is 150 g/mol. The van der Waals surface area contributed by atoms with Crippen LogP contribution in [0.1, 0.15) is 5.69 Å². The van der Waals surface area contributed by atoms with Crippen molar-refractivity contribution in [2.24, 2.45) is 0 Å². The summed E-state index contributed by atoms with van der Waals surface area (Å²) >= 11 is 0. The highest BCUT2D eigenvalue weighted by Gasteiger charge is 2.28. The fourth-order valence-corrected chi connectivity index (χ4v) is 2.19. The Morgan fingerprint density at radius 2 is 2.50 bits per heavy atom. The van der Waals surface area contributed by atoms with Crippen LogP contribution in [-0.2, 0) is 13.1 Å². The lowest BCUT2D eigenvalue weighted by Gasteiger charge is -2.30. The van der Waals surface area contributed by atoms with E-state index in [4.69, 9.17) is 0 Å². The van der Waals surface area contributed by atoms with Crippen molar-refractivity contribution in [2.45, 2.75) is 19.3 Å². The highest BCUT2D eigenvalue weighted by Crippen LogP contribution is 2.18. The largest absolute Gasteiger partial charge is 0.347 e. The van der Waals surface area contributed by atoms with Gasteiger partial charge in [0.15, 0.2) is 0 Å². The van der Waals surface area contributed by atoms with E-state index in [2.05, 4.69) is 33.1 Å². The fraction of sp³-hybridized carbons (Fsp3) is 0.556. The Labute approximate surface area is 72.0 Å². The second kappa shape index (κ2) is 2.34. The molecule has 2 aliphatic heterocycles. The van der Waals surface area contributed by atoms with Crippen molar-refractivity contribution in [3.05, 3.63) is 24.0 Å². The number of nitrogens with zero attached hydrogens (tertiary/aromatic N) is 2. The number of hydrogen-bond acceptors (Lipinski definition) is 2. The van der Waals surface area contributed by atoms with Gasteiger partial charge < -0.3 is 4.57 Å². The summed E-state index contributed by atoms with van der Waals surface area (Å²) in [6.45, 7) is 4.58. The standard InChI is InChI=1S/C9H13N3/c1-2-8-6-12-5-3-10-9(12)7-11(8)4-1/h1-2,4,9-10H,3,5-7H2. The molecule has 1 N–H and O–H groups in total. The Kier molecular flexibility index (Phi) is 1.31. The molecule has 12 heavy (non-hydrogen) atoms. The minimum atomic E-state index is 0.588. The predicted octanol–water partition coefficient (Wildman–Crippen LogP) is 0.233. The summed E-state index contributed by atoms with van der Waals surface area (Å²) in [6.07, 6.45) is 2.76. The fourth-order valence-electron chi connectivity index (χ4n) is 2.19. The van der Waals surface area contributed by atoms with Crippen LogP contribution in [0.2, 0.25) is 0 Å². The Morgan fingerprint density at radius 1 is 1.50 bits per heavy atom. The van der Waals surface area contributed by atoms with Gasteiger partial charge in [-0.05, 0) is 12.1 Å². The van der Waals surface area contributed by atoms with Crippen LogP contribution in [-0.4, -0.2) is 28.7 Å². The molecule has 64 valence electrons. The molecule has 1 unspecified atom stereocenters. The molecule has 1 fully saturated rings. The van der Waals surface area contributed by atoms with E-state index in [1.807, 2.05) is 0 Å². The van der Waals surface area contributed by atoms with Gasteiger partial charge >= 0.3 is 0 Å². The van der Waals surface area contributed by atoms with Gasteiger partial charge in [0.2, 0.25) is 0 Å². The maximum absolute atomic E-state index is 3.49. The zero-order valence-electron chi connectivity index (χ0n) is 7.03. The third-order valence-electron chi connectivity index (χ3n) is 2.88. The number of nitrogens with one attached hydrogen (secondary N) is 1. The molecule has 0 aromatic carbocycles. The molecule has 0 bridgehead atoms. The van der Waals surface area contributed by atoms with E-state index in [1.165, 1.54) is 12.2 Å². The van der Waals surface area contributed by atoms with E-state index in [0.29, 0.717) is 6.17 Å². The molecule has 1 aromatic heterocycles. The van der Waals surface area contributed by atoms with E-state index in [-0.39, 0.29) is 0 Å². The van der Waals surface area contributed by atoms with Crippen molar-refractivity contribution < 1.29 is 0 Å². The van der Waals surface area contributed by atoms with Crippen LogP contribution in [0.3, 0.4) is 0 Å². The lowest BCUT2D eigenvalue weighted by Crippen LogP contribution is -2.43. The first-order valence-electron chi connectivity index (χ1n) is 4.55. The zero-order chi connectivity index (χ0) is 7.97. The molecule has 3 nitrogen and oxygen atoms in total. The van der Waals surface area contributed by atoms with Crippen molar-refractivity contribution >= 4 is 0 Å². The lowest BCUT2D eigenvalue weighted by molar-refractivity contribution is 0.177. The van der Waals surface area contributed by atoms with Crippen LogP contribution in [0, 0.1) is 0 Å². The molecular formula is C9H13N3. The van der Waals surface area contributed by atoms with Crippen molar-refractivity contribution in [1.29, 1.82) is 0 Å². The van der Waals surface area contributed by atoms with Gasteiger partial charge in [-0.3, -0.25) is 10.2 Å². The average Bonchev–Trinajstić information content (AvgIpc) is 2.64. The van der Waals surface area contributed by atoms with E-state index in [0.717, 1.165) is 19.6 Å². The molecule has 3 heterocycles. The molecule has 1 aromatic rings. The zero-order valence-corrected chi connectivity index (χ0v) is 7.03. The second-order valence-corrected chi connectivity index (χ2v) is 3.59. The maximum atomic E-state index is 3.49. The van der Waals surface area contributed by atoms with Gasteiger partial charge in [-0.2, -0.15) is 0 Å². The Hall–Kier alpha value is -0.800. The first kappa shape index (κ1) is 6.69. The van der Waals surface area contributed by atoms with Gasteiger partial charge in [0.05, 0.1) is 12.7 Å². The SMILES string of the molecule is c1cc2n(c1)CC1NCCN1C2. The van der Waals surface area contributed by atoms with Crippen molar-refractivity contribution in [1.82, 2.24) is 14.8 Å². The highest BCUT2D eigenvalue weighted by molar-refractivity contribution is 5.10. The van der Waals surface area contributed by atoms with Gasteiger partial charge in [0.1, 0.15) is 0 Å². The first-order chi connectivity index (χ1) is 5.93. The molecule has 0 amide bonds. The van der Waals surface area contributed by atoms with E-state index in [9.17, 15) is 0 Å². The van der Waals surface area contributed by atoms with Crippen molar-refractivity contribution in [2.75, 3.05) is 13.1 Å². The molecule has 3 heteroatoms. The summed E-state index contributed by atoms with van der Waals surface area (Å²) in [7, 11) is 0. The Balaban J connectivity index is 1.95. The van der Waals surface area contributed by atoms with Gasteiger partial charge in [0, 0.05) is 31.5 Å². The molecule has 0 aliphatic carbocycles. The van der Waals surface area contributed by atoms with Gasteiger partial charge in [-0.15, -0.1) is 0 Å². The van der Waals surface area contributed by atoms with Gasteiger partial charge in [-0.1, -0.05) is 0 Å². The van der Waals surface area contributed by atoms with Crippen LogP contribution >= 0.6 is 0 Å². The smallest absolute Gasteiger partial charge is 0.0786 e. The second-order valence-electron chi connectivity index (χ2n) is 3.59. The van der Waals surface area contributed by atoms with Crippen molar-refractivity contribution in [3.8, 4) is 0 Å². The molecule has 1 atom stereocenters. The lowest BCUT2D eigenvalue weighted by atomic mass is 10.3. The third kappa shape index (κ3) is 0.836. The topological polar surface area (TPSA) is 20.2 Å². The molecule has 0 radical (unpaired) electrons. The Morgan fingerprint density at radius 3 is 3.50 bits per heavy atom. The van der Waals surface area contributed by atoms with Gasteiger partial charge in [0.25, 0.3) is 0 Å². The van der Waals surface area contributed by atoms with E-state index >= 15 is 0 Å². The quantitative estimate of drug-likeness (QED) is 0.591. The van der Waals surface area contributed by atoms with Crippen LogP contribution in [0.15, 0.2) is 18.3 Å². The minimum absolute atomic E-state index is 0.588. The summed E-state index contributed by atoms with van der Waals surface area (Å²) in [5, 5.41) is 3.49. The monoisotopic (exact) mass is 163 g/mol. The summed E-state index contributed by atoms with van der Waals surface area (Å²) < 4.78 is 2.35. The maximum Gasteiger partial charge on any atom is 0.0786 e. The Bertz CT molecular complexity index is 265. The summed E-state index contributed by atoms with van der Waals surface area (Å²) in [6, 6.07) is 4.35. The third-order valence-corrected chi connectivity index (χ3v) is 2.88. The average molecular weight is 163 g/mol. The highest BCUT2D eigenvalue weighted by atomic mass is 15.4. The first-order valence-corrected chi connectivity index (χ1v) is 4.55. The van der Waals surface area contributed by atoms with Crippen molar-refractivity contribution in [3.63, 3.8) is 0 Å². The molecule has 3 rings (SSSR count). The molecule has 0 spiro atoms. The van der Waals surface area contributed by atoms with Crippen LogP contribution in [0.25, 0.3) is 0 Å². The van der Waals surface area contributed by atoms with Crippen LogP contribution in [0.4, 0.5) is 0 Å².